The maximum absolute atomic E-state index is 12.4. The number of amides is 1. The molecule has 0 aromatic rings. The highest BCUT2D eigenvalue weighted by molar-refractivity contribution is 7.99. The van der Waals surface area contributed by atoms with E-state index in [1.54, 1.807) is 11.8 Å². The molecule has 5 heteroatoms. The Morgan fingerprint density at radius 3 is 2.55 bits per heavy atom. The van der Waals surface area contributed by atoms with Crippen LogP contribution in [-0.2, 0) is 4.79 Å². The van der Waals surface area contributed by atoms with E-state index in [1.165, 1.54) is 6.42 Å². The van der Waals surface area contributed by atoms with Gasteiger partial charge >= 0.3 is 0 Å². The smallest absolute Gasteiger partial charge is 0.232 e. The summed E-state index contributed by atoms with van der Waals surface area (Å²) in [5, 5.41) is 3.37. The Bertz CT molecular complexity index is 258. The van der Waals surface area contributed by atoms with E-state index in [9.17, 15) is 4.79 Å². The Balaban J connectivity index is 0.00000361. The van der Waals surface area contributed by atoms with Gasteiger partial charge in [0.05, 0.1) is 5.75 Å². The summed E-state index contributed by atoms with van der Waals surface area (Å²) in [6, 6.07) is 0.472. The molecule has 0 aliphatic carbocycles. The maximum atomic E-state index is 12.4. The molecule has 0 bridgehead atoms. The molecule has 20 heavy (non-hydrogen) atoms. The van der Waals surface area contributed by atoms with Crippen molar-refractivity contribution in [2.24, 2.45) is 5.92 Å². The monoisotopic (exact) mass is 322 g/mol. The highest BCUT2D eigenvalue weighted by atomic mass is 35.5. The lowest BCUT2D eigenvalue weighted by atomic mass is 10.0. The van der Waals surface area contributed by atoms with E-state index in [4.69, 9.17) is 0 Å². The number of nitrogens with one attached hydrogen (secondary N) is 1. The zero-order chi connectivity index (χ0) is 14.1. The molecule has 1 aliphatic rings. The summed E-state index contributed by atoms with van der Waals surface area (Å²) < 4.78 is 0. The van der Waals surface area contributed by atoms with Crippen molar-refractivity contribution in [2.75, 3.05) is 31.1 Å². The van der Waals surface area contributed by atoms with Crippen LogP contribution in [-0.4, -0.2) is 48.0 Å². The van der Waals surface area contributed by atoms with E-state index in [0.29, 0.717) is 17.7 Å². The van der Waals surface area contributed by atoms with Crippen molar-refractivity contribution in [3.63, 3.8) is 0 Å². The third-order valence-electron chi connectivity index (χ3n) is 3.60. The van der Waals surface area contributed by atoms with Gasteiger partial charge in [0, 0.05) is 12.6 Å². The number of nitrogens with zero attached hydrogens (tertiary/aromatic N) is 1. The van der Waals surface area contributed by atoms with Gasteiger partial charge in [0.1, 0.15) is 0 Å². The number of carbonyl (C=O) groups is 1. The van der Waals surface area contributed by atoms with Crippen molar-refractivity contribution in [1.82, 2.24) is 10.2 Å². The van der Waals surface area contributed by atoms with E-state index < -0.39 is 0 Å². The largest absolute Gasteiger partial charge is 0.339 e. The number of piperidine rings is 1. The van der Waals surface area contributed by atoms with Gasteiger partial charge in [0.25, 0.3) is 0 Å². The number of rotatable bonds is 8. The first kappa shape index (κ1) is 20.1. The third kappa shape index (κ3) is 7.75. The molecular formula is C15H31ClN2OS. The van der Waals surface area contributed by atoms with Crippen LogP contribution in [0.3, 0.4) is 0 Å². The first-order chi connectivity index (χ1) is 9.15. The van der Waals surface area contributed by atoms with Gasteiger partial charge in [-0.15, -0.1) is 12.4 Å². The molecule has 1 N–H and O–H groups in total. The molecule has 0 aromatic heterocycles. The Hall–Kier alpha value is 0.0700. The van der Waals surface area contributed by atoms with Gasteiger partial charge in [0.2, 0.25) is 5.91 Å². The van der Waals surface area contributed by atoms with E-state index in [0.717, 1.165) is 50.6 Å². The number of thioether (sulfide) groups is 1. The minimum atomic E-state index is 0. The topological polar surface area (TPSA) is 32.3 Å². The number of carbonyl (C=O) groups excluding carboxylic acids is 1. The standard InChI is InChI=1S/C15H30N2OS.ClH/c1-4-10-17(14-5-8-16-9-6-14)15(18)12-19-11-7-13(2)3;/h13-14,16H,4-12H2,1-3H3;1H. The van der Waals surface area contributed by atoms with Crippen LogP contribution in [0.2, 0.25) is 0 Å². The van der Waals surface area contributed by atoms with E-state index in [-0.39, 0.29) is 12.4 Å². The molecule has 1 rings (SSSR count). The van der Waals surface area contributed by atoms with Crippen molar-refractivity contribution in [1.29, 1.82) is 0 Å². The molecule has 0 atom stereocenters. The lowest BCUT2D eigenvalue weighted by Gasteiger charge is -2.34. The van der Waals surface area contributed by atoms with Gasteiger partial charge in [-0.05, 0) is 50.4 Å². The molecule has 3 nitrogen and oxygen atoms in total. The first-order valence-corrected chi connectivity index (χ1v) is 8.88. The minimum Gasteiger partial charge on any atom is -0.339 e. The lowest BCUT2D eigenvalue weighted by molar-refractivity contribution is -0.131. The van der Waals surface area contributed by atoms with Crippen LogP contribution in [0.4, 0.5) is 0 Å². The zero-order valence-electron chi connectivity index (χ0n) is 13.2. The Morgan fingerprint density at radius 2 is 2.00 bits per heavy atom. The predicted molar refractivity (Wildman–Crippen MR) is 91.9 cm³/mol. The average Bonchev–Trinajstić information content (AvgIpc) is 2.41. The number of hydrogen-bond donors (Lipinski definition) is 1. The van der Waals surface area contributed by atoms with Gasteiger partial charge in [0.15, 0.2) is 0 Å². The van der Waals surface area contributed by atoms with Gasteiger partial charge in [-0.25, -0.2) is 0 Å². The SMILES string of the molecule is CCCN(C(=O)CSCCC(C)C)C1CCNCC1.Cl. The van der Waals surface area contributed by atoms with Crippen molar-refractivity contribution in [2.45, 2.75) is 52.5 Å². The van der Waals surface area contributed by atoms with E-state index >= 15 is 0 Å². The van der Waals surface area contributed by atoms with Crippen LogP contribution in [0.1, 0.15) is 46.5 Å². The summed E-state index contributed by atoms with van der Waals surface area (Å²) in [4.78, 5) is 14.5. The summed E-state index contributed by atoms with van der Waals surface area (Å²) in [5.74, 6) is 2.85. The molecule has 120 valence electrons. The molecule has 1 fully saturated rings. The highest BCUT2D eigenvalue weighted by Gasteiger charge is 2.24. The maximum Gasteiger partial charge on any atom is 0.232 e. The summed E-state index contributed by atoms with van der Waals surface area (Å²) in [6.07, 6.45) is 4.50. The van der Waals surface area contributed by atoms with Gasteiger partial charge in [-0.3, -0.25) is 4.79 Å². The zero-order valence-corrected chi connectivity index (χ0v) is 14.8. The second-order valence-electron chi connectivity index (χ2n) is 5.80. The molecule has 0 saturated carbocycles. The van der Waals surface area contributed by atoms with Crippen LogP contribution in [0.15, 0.2) is 0 Å². The quantitative estimate of drug-likeness (QED) is 0.697. The molecule has 0 unspecified atom stereocenters. The summed E-state index contributed by atoms with van der Waals surface area (Å²) in [5.41, 5.74) is 0. The Morgan fingerprint density at radius 1 is 1.35 bits per heavy atom. The van der Waals surface area contributed by atoms with Gasteiger partial charge in [-0.1, -0.05) is 20.8 Å². The van der Waals surface area contributed by atoms with Crippen molar-refractivity contribution in [3.05, 3.63) is 0 Å². The molecule has 0 spiro atoms. The molecular weight excluding hydrogens is 292 g/mol. The van der Waals surface area contributed by atoms with Gasteiger partial charge < -0.3 is 10.2 Å². The van der Waals surface area contributed by atoms with Gasteiger partial charge in [-0.2, -0.15) is 11.8 Å². The molecule has 0 radical (unpaired) electrons. The summed E-state index contributed by atoms with van der Waals surface area (Å²) >= 11 is 1.80. The summed E-state index contributed by atoms with van der Waals surface area (Å²) in [7, 11) is 0. The van der Waals surface area contributed by atoms with Crippen LogP contribution in [0.25, 0.3) is 0 Å². The Labute approximate surface area is 135 Å². The van der Waals surface area contributed by atoms with E-state index in [1.807, 2.05) is 0 Å². The average molecular weight is 323 g/mol. The fraction of sp³-hybridized carbons (Fsp3) is 0.933. The second kappa shape index (κ2) is 11.7. The Kier molecular flexibility index (Phi) is 11.7. The van der Waals surface area contributed by atoms with Crippen molar-refractivity contribution < 1.29 is 4.79 Å². The van der Waals surface area contributed by atoms with Crippen LogP contribution in [0, 0.1) is 5.92 Å². The normalized spacial score (nSPS) is 16.0. The molecule has 0 aromatic carbocycles. The lowest BCUT2D eigenvalue weighted by Crippen LogP contribution is -2.47. The molecule has 1 aliphatic heterocycles. The first-order valence-electron chi connectivity index (χ1n) is 7.73. The molecule has 1 saturated heterocycles. The second-order valence-corrected chi connectivity index (χ2v) is 6.91. The molecule has 1 amide bonds. The van der Waals surface area contributed by atoms with Crippen molar-refractivity contribution >= 4 is 30.1 Å². The van der Waals surface area contributed by atoms with Crippen LogP contribution < -0.4 is 5.32 Å². The summed E-state index contributed by atoms with van der Waals surface area (Å²) in [6.45, 7) is 9.67. The van der Waals surface area contributed by atoms with E-state index in [2.05, 4.69) is 31.0 Å². The number of hydrogen-bond acceptors (Lipinski definition) is 3. The van der Waals surface area contributed by atoms with Crippen LogP contribution >= 0.6 is 24.2 Å². The van der Waals surface area contributed by atoms with Crippen molar-refractivity contribution in [3.8, 4) is 0 Å². The molecule has 1 heterocycles. The fourth-order valence-corrected chi connectivity index (χ4v) is 3.55. The fourth-order valence-electron chi connectivity index (χ4n) is 2.43. The van der Waals surface area contributed by atoms with Crippen LogP contribution in [0.5, 0.6) is 0 Å². The number of halogens is 1. The third-order valence-corrected chi connectivity index (χ3v) is 4.57. The highest BCUT2D eigenvalue weighted by Crippen LogP contribution is 2.16. The predicted octanol–water partition coefficient (Wildman–Crippen LogP) is 3.18. The minimum absolute atomic E-state index is 0.